The van der Waals surface area contributed by atoms with Gasteiger partial charge in [0.1, 0.15) is 5.75 Å². The Balaban J connectivity index is 2.49. The van der Waals surface area contributed by atoms with Crippen LogP contribution in [0.2, 0.25) is 0 Å². The predicted molar refractivity (Wildman–Crippen MR) is 70.7 cm³/mol. The molecule has 1 N–H and O–H groups in total. The van der Waals surface area contributed by atoms with Crippen LogP contribution in [0.15, 0.2) is 31.8 Å². The minimum Gasteiger partial charge on any atom is -0.506 e. The number of phenolic OH excluding ortho intramolecular Hbond substituents is 1. The number of hydrogen-bond acceptors (Lipinski definition) is 4. The molecule has 1 aromatic rings. The topological polar surface area (TPSA) is 58.9 Å². The summed E-state index contributed by atoms with van der Waals surface area (Å²) in [6, 6.07) is 3.39. The average molecular weight is 361 g/mol. The minimum absolute atomic E-state index is 0.0493. The van der Waals surface area contributed by atoms with Gasteiger partial charge < -0.3 is 9.84 Å². The summed E-state index contributed by atoms with van der Waals surface area (Å²) in [4.78, 5) is 15.3. The second-order valence-electron chi connectivity index (χ2n) is 3.38. The molecule has 1 aromatic carbocycles. The number of ether oxygens (including phenoxy) is 1. The number of benzene rings is 1. The molecule has 0 radical (unpaired) electrons. The highest BCUT2D eigenvalue weighted by atomic mass is 79.9. The van der Waals surface area contributed by atoms with E-state index in [-0.39, 0.29) is 11.4 Å². The summed E-state index contributed by atoms with van der Waals surface area (Å²) < 4.78 is 6.10. The summed E-state index contributed by atoms with van der Waals surface area (Å²) in [5.74, 6) is -0.166. The van der Waals surface area contributed by atoms with Gasteiger partial charge in [0, 0.05) is 17.0 Å². The first kappa shape index (κ1) is 12.3. The van der Waals surface area contributed by atoms with Crippen molar-refractivity contribution in [3.8, 4) is 5.75 Å². The lowest BCUT2D eigenvalue weighted by molar-refractivity contribution is -0.130. The number of carbonyl (C=O) groups is 1. The fourth-order valence-electron chi connectivity index (χ4n) is 1.36. The standard InChI is InChI=1S/C11H7Br2NO3/c1-5-14-9(11(16)17-5)3-6-2-7(12)4-8(13)10(6)15/h2-4,15H,1H3/b9-3-. The van der Waals surface area contributed by atoms with E-state index < -0.39 is 5.97 Å². The van der Waals surface area contributed by atoms with Gasteiger partial charge in [-0.15, -0.1) is 0 Å². The number of aromatic hydroxyl groups is 1. The van der Waals surface area contributed by atoms with Crippen LogP contribution in [0.4, 0.5) is 0 Å². The van der Waals surface area contributed by atoms with Crippen LogP contribution in [-0.2, 0) is 9.53 Å². The van der Waals surface area contributed by atoms with Gasteiger partial charge in [-0.1, -0.05) is 15.9 Å². The van der Waals surface area contributed by atoms with Crippen molar-refractivity contribution in [1.82, 2.24) is 0 Å². The number of esters is 1. The molecule has 88 valence electrons. The van der Waals surface area contributed by atoms with Gasteiger partial charge in [-0.25, -0.2) is 9.79 Å². The van der Waals surface area contributed by atoms with Gasteiger partial charge in [0.05, 0.1) is 4.47 Å². The van der Waals surface area contributed by atoms with Crippen molar-refractivity contribution in [2.24, 2.45) is 4.99 Å². The lowest BCUT2D eigenvalue weighted by Crippen LogP contribution is -1.99. The van der Waals surface area contributed by atoms with Crippen LogP contribution in [0.5, 0.6) is 5.75 Å². The first-order chi connectivity index (χ1) is 7.97. The van der Waals surface area contributed by atoms with E-state index >= 15 is 0 Å². The Labute approximate surface area is 114 Å². The van der Waals surface area contributed by atoms with E-state index in [1.165, 1.54) is 6.08 Å². The maximum absolute atomic E-state index is 11.4. The molecule has 1 aliphatic heterocycles. The molecule has 0 amide bonds. The van der Waals surface area contributed by atoms with Crippen molar-refractivity contribution in [2.45, 2.75) is 6.92 Å². The molecule has 2 rings (SSSR count). The normalized spacial score (nSPS) is 17.2. The number of aliphatic imine (C=N–C) groups is 1. The summed E-state index contributed by atoms with van der Waals surface area (Å²) in [5.41, 5.74) is 0.652. The molecule has 17 heavy (non-hydrogen) atoms. The highest BCUT2D eigenvalue weighted by molar-refractivity contribution is 9.11. The van der Waals surface area contributed by atoms with Crippen molar-refractivity contribution >= 4 is 49.8 Å². The summed E-state index contributed by atoms with van der Waals surface area (Å²) in [5, 5.41) is 9.82. The van der Waals surface area contributed by atoms with E-state index in [2.05, 4.69) is 36.9 Å². The van der Waals surface area contributed by atoms with Gasteiger partial charge in [-0.2, -0.15) is 0 Å². The second-order valence-corrected chi connectivity index (χ2v) is 5.15. The number of carbonyl (C=O) groups excluding carboxylic acids is 1. The zero-order valence-corrected chi connectivity index (χ0v) is 11.9. The van der Waals surface area contributed by atoms with Crippen LogP contribution < -0.4 is 0 Å². The Morgan fingerprint density at radius 1 is 1.41 bits per heavy atom. The van der Waals surface area contributed by atoms with Gasteiger partial charge >= 0.3 is 5.97 Å². The number of halogens is 2. The smallest absolute Gasteiger partial charge is 0.363 e. The molecule has 1 aliphatic rings. The molecule has 0 saturated heterocycles. The second kappa shape index (κ2) is 4.62. The van der Waals surface area contributed by atoms with Crippen LogP contribution >= 0.6 is 31.9 Å². The van der Waals surface area contributed by atoms with Gasteiger partial charge in [-0.3, -0.25) is 0 Å². The third kappa shape index (κ3) is 2.58. The number of phenols is 1. The fraction of sp³-hybridized carbons (Fsp3) is 0.0909. The first-order valence-electron chi connectivity index (χ1n) is 4.64. The van der Waals surface area contributed by atoms with Crippen molar-refractivity contribution in [3.05, 3.63) is 32.3 Å². The van der Waals surface area contributed by atoms with Crippen LogP contribution in [0.1, 0.15) is 12.5 Å². The summed E-state index contributed by atoms with van der Waals surface area (Å²) >= 11 is 6.51. The first-order valence-corrected chi connectivity index (χ1v) is 6.23. The molecule has 0 spiro atoms. The SMILES string of the molecule is CC1=N/C(=C\c2cc(Br)cc(Br)c2O)C(=O)O1. The number of rotatable bonds is 1. The highest BCUT2D eigenvalue weighted by Gasteiger charge is 2.20. The molecule has 0 fully saturated rings. The maximum atomic E-state index is 11.4. The van der Waals surface area contributed by atoms with E-state index in [0.717, 1.165) is 4.47 Å². The lowest BCUT2D eigenvalue weighted by Gasteiger charge is -2.03. The molecule has 1 heterocycles. The molecule has 0 saturated carbocycles. The van der Waals surface area contributed by atoms with Gasteiger partial charge in [-0.05, 0) is 34.1 Å². The minimum atomic E-state index is -0.516. The quantitative estimate of drug-likeness (QED) is 0.617. The third-order valence-corrected chi connectivity index (χ3v) is 3.14. The monoisotopic (exact) mass is 359 g/mol. The summed E-state index contributed by atoms with van der Waals surface area (Å²) in [7, 11) is 0. The van der Waals surface area contributed by atoms with Crippen molar-refractivity contribution in [1.29, 1.82) is 0 Å². The number of cyclic esters (lactones) is 1. The average Bonchev–Trinajstić information content (AvgIpc) is 2.53. The Kier molecular flexibility index (Phi) is 3.35. The van der Waals surface area contributed by atoms with Crippen molar-refractivity contribution in [3.63, 3.8) is 0 Å². The Hall–Kier alpha value is -1.14. The van der Waals surface area contributed by atoms with Gasteiger partial charge in [0.25, 0.3) is 0 Å². The Morgan fingerprint density at radius 2 is 2.12 bits per heavy atom. The molecule has 6 heteroatoms. The molecule has 0 aromatic heterocycles. The van der Waals surface area contributed by atoms with E-state index in [0.29, 0.717) is 15.9 Å². The molecule has 0 aliphatic carbocycles. The molecule has 0 unspecified atom stereocenters. The van der Waals surface area contributed by atoms with Gasteiger partial charge in [0.2, 0.25) is 0 Å². The van der Waals surface area contributed by atoms with E-state index in [4.69, 9.17) is 4.74 Å². The summed E-state index contributed by atoms with van der Waals surface area (Å²) in [6.07, 6.45) is 1.48. The van der Waals surface area contributed by atoms with Crippen LogP contribution in [0, 0.1) is 0 Å². The van der Waals surface area contributed by atoms with E-state index in [1.807, 2.05) is 0 Å². The molecule has 0 bridgehead atoms. The van der Waals surface area contributed by atoms with Crippen LogP contribution in [0.25, 0.3) is 6.08 Å². The lowest BCUT2D eigenvalue weighted by atomic mass is 10.1. The predicted octanol–water partition coefficient (Wildman–Crippen LogP) is 3.23. The molecule has 0 atom stereocenters. The largest absolute Gasteiger partial charge is 0.506 e. The van der Waals surface area contributed by atoms with Gasteiger partial charge in [0.15, 0.2) is 11.6 Å². The highest BCUT2D eigenvalue weighted by Crippen LogP contribution is 2.33. The molecular formula is C11H7Br2NO3. The van der Waals surface area contributed by atoms with E-state index in [1.54, 1.807) is 19.1 Å². The van der Waals surface area contributed by atoms with Crippen molar-refractivity contribution in [2.75, 3.05) is 0 Å². The summed E-state index contributed by atoms with van der Waals surface area (Å²) in [6.45, 7) is 1.59. The van der Waals surface area contributed by atoms with Crippen LogP contribution in [-0.4, -0.2) is 17.0 Å². The zero-order valence-electron chi connectivity index (χ0n) is 8.70. The van der Waals surface area contributed by atoms with Crippen LogP contribution in [0.3, 0.4) is 0 Å². The number of nitrogens with zero attached hydrogens (tertiary/aromatic N) is 1. The Morgan fingerprint density at radius 3 is 2.71 bits per heavy atom. The van der Waals surface area contributed by atoms with E-state index in [9.17, 15) is 9.90 Å². The molecular weight excluding hydrogens is 354 g/mol. The third-order valence-electron chi connectivity index (χ3n) is 2.08. The zero-order chi connectivity index (χ0) is 12.6. The number of hydrogen-bond donors (Lipinski definition) is 1. The fourth-order valence-corrected chi connectivity index (χ4v) is 2.62. The Bertz CT molecular complexity index is 564. The van der Waals surface area contributed by atoms with Crippen molar-refractivity contribution < 1.29 is 14.6 Å². The maximum Gasteiger partial charge on any atom is 0.363 e. The molecule has 4 nitrogen and oxygen atoms in total.